The van der Waals surface area contributed by atoms with E-state index >= 15 is 0 Å². The first-order valence-corrected chi connectivity index (χ1v) is 5.12. The highest BCUT2D eigenvalue weighted by atomic mass is 79.9. The summed E-state index contributed by atoms with van der Waals surface area (Å²) in [6.07, 6.45) is 1.60. The molecule has 0 radical (unpaired) electrons. The highest BCUT2D eigenvalue weighted by Gasteiger charge is 2.17. The van der Waals surface area contributed by atoms with E-state index in [0.717, 1.165) is 0 Å². The summed E-state index contributed by atoms with van der Waals surface area (Å²) in [7, 11) is 0. The summed E-state index contributed by atoms with van der Waals surface area (Å²) in [6.45, 7) is 5.80. The van der Waals surface area contributed by atoms with Gasteiger partial charge in [0.25, 0.3) is 5.91 Å². The Morgan fingerprint density at radius 2 is 2.14 bits per heavy atom. The van der Waals surface area contributed by atoms with Crippen molar-refractivity contribution in [3.8, 4) is 0 Å². The van der Waals surface area contributed by atoms with Gasteiger partial charge in [0.1, 0.15) is 5.69 Å². The summed E-state index contributed by atoms with van der Waals surface area (Å²) < 4.78 is 0.710. The van der Waals surface area contributed by atoms with Crippen molar-refractivity contribution in [2.75, 3.05) is 0 Å². The highest BCUT2D eigenvalue weighted by Crippen LogP contribution is 2.13. The maximum absolute atomic E-state index is 11.7. The summed E-state index contributed by atoms with van der Waals surface area (Å²) in [5, 5.41) is 2.84. The molecular weight excluding hydrogens is 244 g/mol. The number of hydrogen-bond acceptors (Lipinski definition) is 2. The largest absolute Gasteiger partial charge is 0.346 e. The lowest BCUT2D eigenvalue weighted by Gasteiger charge is -2.20. The van der Waals surface area contributed by atoms with Crippen molar-refractivity contribution in [3.63, 3.8) is 0 Å². The number of nitrogens with zero attached hydrogens (tertiary/aromatic N) is 1. The van der Waals surface area contributed by atoms with Gasteiger partial charge in [-0.3, -0.25) is 4.79 Å². The molecular formula is C10H13BrN2O. The van der Waals surface area contributed by atoms with Crippen LogP contribution in [0, 0.1) is 0 Å². The number of carbonyl (C=O) groups excluding carboxylic acids is 1. The number of nitrogens with one attached hydrogen (secondary N) is 1. The molecule has 0 atom stereocenters. The Labute approximate surface area is 92.1 Å². The lowest BCUT2D eigenvalue weighted by molar-refractivity contribution is 0.0913. The first-order chi connectivity index (χ1) is 6.40. The Morgan fingerprint density at radius 3 is 2.64 bits per heavy atom. The normalized spacial score (nSPS) is 11.1. The van der Waals surface area contributed by atoms with Gasteiger partial charge in [-0.15, -0.1) is 0 Å². The molecule has 0 bridgehead atoms. The van der Waals surface area contributed by atoms with E-state index in [1.54, 1.807) is 18.3 Å². The van der Waals surface area contributed by atoms with E-state index in [2.05, 4.69) is 26.2 Å². The Morgan fingerprint density at radius 1 is 1.50 bits per heavy atom. The van der Waals surface area contributed by atoms with Crippen LogP contribution in [0.5, 0.6) is 0 Å². The Hall–Kier alpha value is -0.900. The predicted molar refractivity (Wildman–Crippen MR) is 59.2 cm³/mol. The summed E-state index contributed by atoms with van der Waals surface area (Å²) in [4.78, 5) is 15.7. The Bertz CT molecular complexity index is 344. The van der Waals surface area contributed by atoms with E-state index < -0.39 is 0 Å². The number of carbonyl (C=O) groups is 1. The van der Waals surface area contributed by atoms with Crippen molar-refractivity contribution in [2.24, 2.45) is 0 Å². The van der Waals surface area contributed by atoms with Crippen LogP contribution in [0.2, 0.25) is 0 Å². The number of pyridine rings is 1. The lowest BCUT2D eigenvalue weighted by Crippen LogP contribution is -2.41. The standard InChI is InChI=1S/C10H13BrN2O/c1-10(2,3)13-9(14)8-7(11)5-4-6-12-8/h4-6H,1-3H3,(H,13,14). The molecule has 1 aromatic heterocycles. The predicted octanol–water partition coefficient (Wildman–Crippen LogP) is 2.37. The van der Waals surface area contributed by atoms with Crippen LogP contribution in [0.15, 0.2) is 22.8 Å². The minimum Gasteiger partial charge on any atom is -0.346 e. The number of aromatic nitrogens is 1. The molecule has 0 aromatic carbocycles. The van der Waals surface area contributed by atoms with Crippen LogP contribution >= 0.6 is 15.9 Å². The average molecular weight is 257 g/mol. The fraction of sp³-hybridized carbons (Fsp3) is 0.400. The van der Waals surface area contributed by atoms with E-state index in [0.29, 0.717) is 10.2 Å². The molecule has 0 unspecified atom stereocenters. The van der Waals surface area contributed by atoms with Crippen LogP contribution < -0.4 is 5.32 Å². The molecule has 0 saturated heterocycles. The molecule has 14 heavy (non-hydrogen) atoms. The van der Waals surface area contributed by atoms with E-state index in [4.69, 9.17) is 0 Å². The van der Waals surface area contributed by atoms with Gasteiger partial charge in [-0.25, -0.2) is 4.98 Å². The molecule has 0 aliphatic rings. The quantitative estimate of drug-likeness (QED) is 0.839. The lowest BCUT2D eigenvalue weighted by atomic mass is 10.1. The molecule has 1 heterocycles. The third-order valence-electron chi connectivity index (χ3n) is 1.46. The first kappa shape index (κ1) is 11.2. The molecule has 0 saturated carbocycles. The molecule has 4 heteroatoms. The van der Waals surface area contributed by atoms with Crippen molar-refractivity contribution in [1.82, 2.24) is 10.3 Å². The Balaban J connectivity index is 2.86. The Kier molecular flexibility index (Phi) is 3.26. The molecule has 1 N–H and O–H groups in total. The fourth-order valence-electron chi connectivity index (χ4n) is 0.953. The van der Waals surface area contributed by atoms with E-state index in [1.165, 1.54) is 0 Å². The molecule has 76 valence electrons. The van der Waals surface area contributed by atoms with Crippen molar-refractivity contribution in [1.29, 1.82) is 0 Å². The number of hydrogen-bond donors (Lipinski definition) is 1. The number of rotatable bonds is 1. The van der Waals surface area contributed by atoms with Crippen LogP contribution in [-0.2, 0) is 0 Å². The zero-order valence-electron chi connectivity index (χ0n) is 8.47. The SMILES string of the molecule is CC(C)(C)NC(=O)c1ncccc1Br. The molecule has 0 aliphatic heterocycles. The zero-order valence-corrected chi connectivity index (χ0v) is 10.1. The van der Waals surface area contributed by atoms with E-state index in [9.17, 15) is 4.79 Å². The van der Waals surface area contributed by atoms with Gasteiger partial charge >= 0.3 is 0 Å². The second kappa shape index (κ2) is 4.09. The minimum atomic E-state index is -0.242. The van der Waals surface area contributed by atoms with Crippen LogP contribution in [-0.4, -0.2) is 16.4 Å². The van der Waals surface area contributed by atoms with E-state index in [1.807, 2.05) is 20.8 Å². The monoisotopic (exact) mass is 256 g/mol. The van der Waals surface area contributed by atoms with Crippen LogP contribution in [0.4, 0.5) is 0 Å². The summed E-state index contributed by atoms with van der Waals surface area (Å²) in [6, 6.07) is 3.57. The number of amides is 1. The molecule has 0 aliphatic carbocycles. The summed E-state index contributed by atoms with van der Waals surface area (Å²) >= 11 is 3.28. The molecule has 0 fully saturated rings. The van der Waals surface area contributed by atoms with Gasteiger partial charge in [-0.05, 0) is 48.8 Å². The minimum absolute atomic E-state index is 0.162. The smallest absolute Gasteiger partial charge is 0.271 e. The van der Waals surface area contributed by atoms with Crippen LogP contribution in [0.1, 0.15) is 31.3 Å². The molecule has 1 aromatic rings. The molecule has 1 rings (SSSR count). The third kappa shape index (κ3) is 3.10. The maximum atomic E-state index is 11.7. The van der Waals surface area contributed by atoms with Gasteiger partial charge in [0.15, 0.2) is 0 Å². The summed E-state index contributed by atoms with van der Waals surface area (Å²) in [5.74, 6) is -0.162. The van der Waals surface area contributed by atoms with Crippen molar-refractivity contribution < 1.29 is 4.79 Å². The van der Waals surface area contributed by atoms with Crippen molar-refractivity contribution >= 4 is 21.8 Å². The third-order valence-corrected chi connectivity index (χ3v) is 2.10. The van der Waals surface area contributed by atoms with Crippen LogP contribution in [0.25, 0.3) is 0 Å². The van der Waals surface area contributed by atoms with Crippen molar-refractivity contribution in [2.45, 2.75) is 26.3 Å². The first-order valence-electron chi connectivity index (χ1n) is 4.33. The van der Waals surface area contributed by atoms with Gasteiger partial charge in [-0.1, -0.05) is 0 Å². The number of halogens is 1. The van der Waals surface area contributed by atoms with Gasteiger partial charge < -0.3 is 5.32 Å². The van der Waals surface area contributed by atoms with Gasteiger partial charge in [-0.2, -0.15) is 0 Å². The molecule has 1 amide bonds. The topological polar surface area (TPSA) is 42.0 Å². The maximum Gasteiger partial charge on any atom is 0.271 e. The molecule has 3 nitrogen and oxygen atoms in total. The van der Waals surface area contributed by atoms with Crippen LogP contribution in [0.3, 0.4) is 0 Å². The summed E-state index contributed by atoms with van der Waals surface area (Å²) in [5.41, 5.74) is 0.177. The highest BCUT2D eigenvalue weighted by molar-refractivity contribution is 9.10. The van der Waals surface area contributed by atoms with Gasteiger partial charge in [0.2, 0.25) is 0 Å². The van der Waals surface area contributed by atoms with E-state index in [-0.39, 0.29) is 11.4 Å². The molecule has 0 spiro atoms. The average Bonchev–Trinajstić information content (AvgIpc) is 2.01. The zero-order chi connectivity index (χ0) is 10.8. The second-order valence-electron chi connectivity index (χ2n) is 4.04. The second-order valence-corrected chi connectivity index (χ2v) is 4.89. The van der Waals surface area contributed by atoms with Gasteiger partial charge in [0.05, 0.1) is 0 Å². The fourth-order valence-corrected chi connectivity index (χ4v) is 1.39. The van der Waals surface area contributed by atoms with Crippen molar-refractivity contribution in [3.05, 3.63) is 28.5 Å². The van der Waals surface area contributed by atoms with Gasteiger partial charge in [0, 0.05) is 16.2 Å².